The first-order chi connectivity index (χ1) is 12.4. The molecule has 0 saturated carbocycles. The third-order valence-electron chi connectivity index (χ3n) is 3.78. The average Bonchev–Trinajstić information content (AvgIpc) is 3.07. The minimum Gasteiger partial charge on any atom is -0.477 e. The maximum absolute atomic E-state index is 12.4. The summed E-state index contributed by atoms with van der Waals surface area (Å²) in [7, 11) is 0. The van der Waals surface area contributed by atoms with Gasteiger partial charge in [0.1, 0.15) is 10.9 Å². The summed E-state index contributed by atoms with van der Waals surface area (Å²) in [6.45, 7) is 3.95. The van der Waals surface area contributed by atoms with Gasteiger partial charge in [-0.25, -0.2) is 4.79 Å². The van der Waals surface area contributed by atoms with E-state index in [2.05, 4.69) is 10.6 Å². The Morgan fingerprint density at radius 3 is 2.35 bits per heavy atom. The molecule has 1 heterocycles. The van der Waals surface area contributed by atoms with Crippen molar-refractivity contribution in [3.63, 3.8) is 0 Å². The van der Waals surface area contributed by atoms with Gasteiger partial charge in [-0.1, -0.05) is 44.2 Å². The van der Waals surface area contributed by atoms with Gasteiger partial charge in [-0.2, -0.15) is 0 Å². The molecule has 1 aromatic heterocycles. The predicted molar refractivity (Wildman–Crippen MR) is 100 cm³/mol. The Labute approximate surface area is 156 Å². The van der Waals surface area contributed by atoms with Crippen LogP contribution in [0.1, 0.15) is 34.0 Å². The number of rotatable bonds is 8. The molecule has 7 heteroatoms. The molecule has 2 aromatic rings. The molecule has 0 aliphatic heterocycles. The lowest BCUT2D eigenvalue weighted by Gasteiger charge is -2.21. The van der Waals surface area contributed by atoms with Crippen LogP contribution in [-0.2, 0) is 22.6 Å². The Morgan fingerprint density at radius 2 is 1.77 bits per heavy atom. The van der Waals surface area contributed by atoms with Crippen LogP contribution in [0.15, 0.2) is 42.5 Å². The number of carboxylic acid groups (broad SMARTS) is 1. The molecule has 26 heavy (non-hydrogen) atoms. The summed E-state index contributed by atoms with van der Waals surface area (Å²) in [6.07, 6.45) is 0.213. The maximum atomic E-state index is 12.4. The molecule has 1 aromatic carbocycles. The summed E-state index contributed by atoms with van der Waals surface area (Å²) < 4.78 is 0. The number of thiophene rings is 1. The lowest BCUT2D eigenvalue weighted by molar-refractivity contribution is -0.129. The van der Waals surface area contributed by atoms with E-state index in [-0.39, 0.29) is 35.6 Å². The van der Waals surface area contributed by atoms with Gasteiger partial charge >= 0.3 is 5.97 Å². The highest BCUT2D eigenvalue weighted by molar-refractivity contribution is 7.13. The van der Waals surface area contributed by atoms with Gasteiger partial charge in [0.15, 0.2) is 0 Å². The zero-order valence-electron chi connectivity index (χ0n) is 14.7. The number of aromatic carboxylic acids is 1. The molecule has 0 aliphatic rings. The van der Waals surface area contributed by atoms with E-state index in [1.165, 1.54) is 6.07 Å². The van der Waals surface area contributed by atoms with Crippen molar-refractivity contribution in [2.75, 3.05) is 0 Å². The van der Waals surface area contributed by atoms with Crippen LogP contribution >= 0.6 is 11.3 Å². The minimum absolute atomic E-state index is 0.0763. The van der Waals surface area contributed by atoms with Gasteiger partial charge in [0.25, 0.3) is 0 Å². The van der Waals surface area contributed by atoms with Gasteiger partial charge in [0.05, 0.1) is 13.0 Å². The summed E-state index contributed by atoms with van der Waals surface area (Å²) in [5.41, 5.74) is 0.882. The fourth-order valence-corrected chi connectivity index (χ4v) is 3.20. The Balaban J connectivity index is 1.91. The van der Waals surface area contributed by atoms with Gasteiger partial charge in [-0.05, 0) is 23.6 Å². The molecule has 1 atom stereocenters. The number of nitrogens with one attached hydrogen (secondary N) is 2. The van der Waals surface area contributed by atoms with Crippen molar-refractivity contribution in [3.05, 3.63) is 57.8 Å². The molecule has 0 radical (unpaired) electrons. The number of hydrogen-bond donors (Lipinski definition) is 3. The van der Waals surface area contributed by atoms with Crippen molar-refractivity contribution in [1.82, 2.24) is 10.6 Å². The molecular weight excluding hydrogens is 352 g/mol. The fraction of sp³-hybridized carbons (Fsp3) is 0.316. The van der Waals surface area contributed by atoms with E-state index in [0.717, 1.165) is 21.8 Å². The van der Waals surface area contributed by atoms with Crippen molar-refractivity contribution < 1.29 is 19.5 Å². The summed E-state index contributed by atoms with van der Waals surface area (Å²) in [6, 6.07) is 11.9. The van der Waals surface area contributed by atoms with Crippen LogP contribution in [0.3, 0.4) is 0 Å². The summed E-state index contributed by atoms with van der Waals surface area (Å²) >= 11 is 1.12. The first kappa shape index (κ1) is 19.7. The zero-order valence-corrected chi connectivity index (χ0v) is 15.5. The number of carbonyl (C=O) groups is 3. The van der Waals surface area contributed by atoms with Crippen LogP contribution in [0.25, 0.3) is 0 Å². The van der Waals surface area contributed by atoms with Crippen LogP contribution in [-0.4, -0.2) is 28.9 Å². The number of carbonyl (C=O) groups excluding carboxylic acids is 2. The molecule has 0 aliphatic carbocycles. The quantitative estimate of drug-likeness (QED) is 0.661. The first-order valence-electron chi connectivity index (χ1n) is 8.30. The third kappa shape index (κ3) is 5.70. The summed E-state index contributed by atoms with van der Waals surface area (Å²) in [5.74, 6) is -1.56. The van der Waals surface area contributed by atoms with Gasteiger partial charge in [0.2, 0.25) is 11.8 Å². The van der Waals surface area contributed by atoms with E-state index in [4.69, 9.17) is 5.11 Å². The molecule has 2 amide bonds. The fourth-order valence-electron chi connectivity index (χ4n) is 2.41. The molecule has 0 spiro atoms. The molecule has 3 N–H and O–H groups in total. The molecule has 0 bridgehead atoms. The number of carboxylic acids is 1. The molecule has 2 rings (SSSR count). The standard InChI is InChI=1S/C19H22N2O4S/c1-12(2)17(21-16(22)10-13-6-4-3-5-7-13)18(23)20-11-14-8-9-15(26-14)19(24)25/h3-9,12,17H,10-11H2,1-2H3,(H,20,23)(H,21,22)(H,24,25). The Kier molecular flexibility index (Phi) is 6.91. The molecular formula is C19H22N2O4S. The van der Waals surface area contributed by atoms with Crippen molar-refractivity contribution in [1.29, 1.82) is 0 Å². The maximum Gasteiger partial charge on any atom is 0.345 e. The number of hydrogen-bond acceptors (Lipinski definition) is 4. The van der Waals surface area contributed by atoms with Crippen molar-refractivity contribution in [2.45, 2.75) is 32.9 Å². The average molecular weight is 374 g/mol. The topological polar surface area (TPSA) is 95.5 Å². The molecule has 1 unspecified atom stereocenters. The number of amides is 2. The van der Waals surface area contributed by atoms with Crippen LogP contribution in [0.4, 0.5) is 0 Å². The third-order valence-corrected chi connectivity index (χ3v) is 4.86. The predicted octanol–water partition coefficient (Wildman–Crippen LogP) is 2.45. The Morgan fingerprint density at radius 1 is 1.08 bits per heavy atom. The van der Waals surface area contributed by atoms with E-state index in [9.17, 15) is 14.4 Å². The van der Waals surface area contributed by atoms with E-state index in [1.54, 1.807) is 6.07 Å². The van der Waals surface area contributed by atoms with Crippen LogP contribution < -0.4 is 10.6 Å². The Hall–Kier alpha value is -2.67. The van der Waals surface area contributed by atoms with Gasteiger partial charge in [0, 0.05) is 4.88 Å². The lowest BCUT2D eigenvalue weighted by atomic mass is 10.0. The SMILES string of the molecule is CC(C)C(NC(=O)Cc1ccccc1)C(=O)NCc1ccc(C(=O)O)s1. The molecule has 0 saturated heterocycles. The van der Waals surface area contributed by atoms with Gasteiger partial charge in [-0.3, -0.25) is 9.59 Å². The zero-order chi connectivity index (χ0) is 19.1. The smallest absolute Gasteiger partial charge is 0.345 e. The van der Waals surface area contributed by atoms with E-state index < -0.39 is 12.0 Å². The highest BCUT2D eigenvalue weighted by Gasteiger charge is 2.24. The second kappa shape index (κ2) is 9.15. The highest BCUT2D eigenvalue weighted by atomic mass is 32.1. The van der Waals surface area contributed by atoms with Gasteiger partial charge < -0.3 is 15.7 Å². The van der Waals surface area contributed by atoms with E-state index in [1.807, 2.05) is 44.2 Å². The van der Waals surface area contributed by atoms with Crippen molar-refractivity contribution in [2.24, 2.45) is 5.92 Å². The monoisotopic (exact) mass is 374 g/mol. The minimum atomic E-state index is -0.985. The molecule has 0 fully saturated rings. The normalized spacial score (nSPS) is 11.8. The summed E-state index contributed by atoms with van der Waals surface area (Å²) in [4.78, 5) is 36.5. The number of benzene rings is 1. The largest absolute Gasteiger partial charge is 0.477 e. The lowest BCUT2D eigenvalue weighted by Crippen LogP contribution is -2.49. The van der Waals surface area contributed by atoms with E-state index in [0.29, 0.717) is 0 Å². The Bertz CT molecular complexity index is 771. The second-order valence-electron chi connectivity index (χ2n) is 6.24. The highest BCUT2D eigenvalue weighted by Crippen LogP contribution is 2.16. The molecule has 6 nitrogen and oxygen atoms in total. The van der Waals surface area contributed by atoms with Crippen LogP contribution in [0.5, 0.6) is 0 Å². The van der Waals surface area contributed by atoms with Gasteiger partial charge in [-0.15, -0.1) is 11.3 Å². The van der Waals surface area contributed by atoms with Crippen LogP contribution in [0, 0.1) is 5.92 Å². The van der Waals surface area contributed by atoms with E-state index >= 15 is 0 Å². The second-order valence-corrected chi connectivity index (χ2v) is 7.41. The van der Waals surface area contributed by atoms with Crippen LogP contribution in [0.2, 0.25) is 0 Å². The van der Waals surface area contributed by atoms with Crippen molar-refractivity contribution >= 4 is 29.1 Å². The first-order valence-corrected chi connectivity index (χ1v) is 9.11. The molecule has 138 valence electrons. The summed E-state index contributed by atoms with van der Waals surface area (Å²) in [5, 5.41) is 14.5. The van der Waals surface area contributed by atoms with Crippen molar-refractivity contribution in [3.8, 4) is 0 Å².